The van der Waals surface area contributed by atoms with E-state index in [0.29, 0.717) is 5.75 Å². The first-order chi connectivity index (χ1) is 11.4. The van der Waals surface area contributed by atoms with Gasteiger partial charge in [-0.25, -0.2) is 4.79 Å². The lowest BCUT2D eigenvalue weighted by Gasteiger charge is -2.14. The average molecular weight is 334 g/mol. The number of rotatable bonds is 5. The number of benzene rings is 1. The van der Waals surface area contributed by atoms with Gasteiger partial charge in [0, 0.05) is 7.05 Å². The van der Waals surface area contributed by atoms with Gasteiger partial charge >= 0.3 is 6.03 Å². The van der Waals surface area contributed by atoms with Crippen molar-refractivity contribution in [3.63, 3.8) is 0 Å². The molecule has 0 unspecified atom stereocenters. The molecule has 1 aromatic carbocycles. The highest BCUT2D eigenvalue weighted by Gasteiger charge is 2.34. The van der Waals surface area contributed by atoms with Crippen LogP contribution < -0.4 is 15.6 Å². The molecule has 24 heavy (non-hydrogen) atoms. The van der Waals surface area contributed by atoms with Gasteiger partial charge in [0.25, 0.3) is 17.7 Å². The first-order valence-corrected chi connectivity index (χ1v) is 7.20. The quantitative estimate of drug-likeness (QED) is 0.553. The van der Waals surface area contributed by atoms with E-state index in [1.54, 1.807) is 12.1 Å². The largest absolute Gasteiger partial charge is 0.483 e. The topological polar surface area (TPSA) is 108 Å². The summed E-state index contributed by atoms with van der Waals surface area (Å²) in [5, 5.41) is 0. The number of aryl methyl sites for hydroxylation is 1. The average Bonchev–Trinajstić information content (AvgIpc) is 2.78. The SMILES string of the molecule is Cc1ccccc1OCC(=O)NNC(=O)CN1C(=O)CN(C)C1=O. The van der Waals surface area contributed by atoms with Gasteiger partial charge in [-0.15, -0.1) is 0 Å². The molecular formula is C15H18N4O5. The van der Waals surface area contributed by atoms with Gasteiger partial charge in [0.2, 0.25) is 0 Å². The van der Waals surface area contributed by atoms with Crippen LogP contribution in [-0.4, -0.2) is 60.3 Å². The molecule has 1 heterocycles. The first kappa shape index (κ1) is 17.3. The third-order valence-corrected chi connectivity index (χ3v) is 3.33. The molecule has 0 atom stereocenters. The van der Waals surface area contributed by atoms with E-state index in [1.165, 1.54) is 11.9 Å². The Morgan fingerprint density at radius 3 is 2.46 bits per heavy atom. The molecule has 0 spiro atoms. The minimum atomic E-state index is -0.684. The molecule has 1 aromatic rings. The summed E-state index contributed by atoms with van der Waals surface area (Å²) in [6.07, 6.45) is 0. The summed E-state index contributed by atoms with van der Waals surface area (Å²) in [6.45, 7) is 1.04. The summed E-state index contributed by atoms with van der Waals surface area (Å²) in [6, 6.07) is 6.65. The van der Waals surface area contributed by atoms with Crippen molar-refractivity contribution in [2.24, 2.45) is 0 Å². The highest BCUT2D eigenvalue weighted by Crippen LogP contribution is 2.15. The third-order valence-electron chi connectivity index (χ3n) is 3.33. The van der Waals surface area contributed by atoms with Crippen molar-refractivity contribution in [2.45, 2.75) is 6.92 Å². The fourth-order valence-electron chi connectivity index (χ4n) is 2.04. The smallest absolute Gasteiger partial charge is 0.327 e. The number of para-hydroxylation sites is 1. The number of nitrogens with one attached hydrogen (secondary N) is 2. The van der Waals surface area contributed by atoms with Gasteiger partial charge in [-0.1, -0.05) is 18.2 Å². The number of carbonyl (C=O) groups is 4. The van der Waals surface area contributed by atoms with Crippen molar-refractivity contribution < 1.29 is 23.9 Å². The van der Waals surface area contributed by atoms with Crippen LogP contribution >= 0.6 is 0 Å². The summed E-state index contributed by atoms with van der Waals surface area (Å²) in [5.74, 6) is -1.15. The second-order valence-electron chi connectivity index (χ2n) is 5.27. The summed E-state index contributed by atoms with van der Waals surface area (Å²) >= 11 is 0. The molecule has 1 fully saturated rings. The lowest BCUT2D eigenvalue weighted by Crippen LogP contribution is -2.49. The van der Waals surface area contributed by atoms with Crippen molar-refractivity contribution >= 4 is 23.8 Å². The number of likely N-dealkylation sites (N-methyl/N-ethyl adjacent to an activating group) is 1. The zero-order valence-corrected chi connectivity index (χ0v) is 13.4. The lowest BCUT2D eigenvalue weighted by atomic mass is 10.2. The van der Waals surface area contributed by atoms with Crippen LogP contribution in [-0.2, 0) is 14.4 Å². The van der Waals surface area contributed by atoms with E-state index in [0.717, 1.165) is 10.5 Å². The van der Waals surface area contributed by atoms with Crippen LogP contribution in [0.1, 0.15) is 5.56 Å². The predicted octanol–water partition coefficient (Wildman–Crippen LogP) is -0.585. The van der Waals surface area contributed by atoms with E-state index in [2.05, 4.69) is 10.9 Å². The first-order valence-electron chi connectivity index (χ1n) is 7.20. The maximum atomic E-state index is 11.7. The molecule has 9 heteroatoms. The fourth-order valence-corrected chi connectivity index (χ4v) is 2.04. The standard InChI is InChI=1S/C15H18N4O5/c1-10-5-3-4-6-11(10)24-9-13(21)17-16-12(20)7-19-14(22)8-18(2)15(19)23/h3-6H,7-9H2,1-2H3,(H,16,20)(H,17,21). The van der Waals surface area contributed by atoms with Crippen LogP contribution in [0, 0.1) is 6.92 Å². The number of urea groups is 1. The van der Waals surface area contributed by atoms with Crippen molar-refractivity contribution in [2.75, 3.05) is 26.7 Å². The normalized spacial score (nSPS) is 13.9. The molecule has 5 amide bonds. The van der Waals surface area contributed by atoms with Gasteiger partial charge in [-0.3, -0.25) is 30.1 Å². The molecule has 2 N–H and O–H groups in total. The molecule has 0 radical (unpaired) electrons. The molecule has 2 rings (SSSR count). The Balaban J connectivity index is 1.74. The van der Waals surface area contributed by atoms with E-state index < -0.39 is 30.3 Å². The van der Waals surface area contributed by atoms with Crippen LogP contribution in [0.4, 0.5) is 4.79 Å². The van der Waals surface area contributed by atoms with E-state index in [-0.39, 0.29) is 13.2 Å². The molecule has 1 aliphatic rings. The second kappa shape index (κ2) is 7.44. The Bertz CT molecular complexity index is 676. The van der Waals surface area contributed by atoms with Crippen LogP contribution in [0.25, 0.3) is 0 Å². The van der Waals surface area contributed by atoms with Gasteiger partial charge < -0.3 is 9.64 Å². The number of hydrogen-bond donors (Lipinski definition) is 2. The zero-order chi connectivity index (χ0) is 17.7. The molecule has 0 aromatic heterocycles. The number of ether oxygens (including phenoxy) is 1. The number of nitrogens with zero attached hydrogens (tertiary/aromatic N) is 2. The molecular weight excluding hydrogens is 316 g/mol. The molecule has 1 saturated heterocycles. The number of imide groups is 1. The molecule has 1 aliphatic heterocycles. The lowest BCUT2D eigenvalue weighted by molar-refractivity contribution is -0.133. The van der Waals surface area contributed by atoms with Crippen LogP contribution in [0.5, 0.6) is 5.75 Å². The zero-order valence-electron chi connectivity index (χ0n) is 13.4. The highest BCUT2D eigenvalue weighted by molar-refractivity contribution is 6.04. The van der Waals surface area contributed by atoms with E-state index in [4.69, 9.17) is 4.74 Å². The Morgan fingerprint density at radius 1 is 1.17 bits per heavy atom. The molecule has 9 nitrogen and oxygen atoms in total. The van der Waals surface area contributed by atoms with Crippen LogP contribution in [0.15, 0.2) is 24.3 Å². The van der Waals surface area contributed by atoms with Crippen LogP contribution in [0.3, 0.4) is 0 Å². The second-order valence-corrected chi connectivity index (χ2v) is 5.27. The molecule has 0 bridgehead atoms. The maximum absolute atomic E-state index is 11.7. The number of hydrazine groups is 1. The maximum Gasteiger partial charge on any atom is 0.327 e. The van der Waals surface area contributed by atoms with Gasteiger partial charge in [-0.05, 0) is 18.6 Å². The van der Waals surface area contributed by atoms with E-state index in [1.807, 2.05) is 19.1 Å². The van der Waals surface area contributed by atoms with Crippen molar-refractivity contribution in [3.8, 4) is 5.75 Å². The van der Waals surface area contributed by atoms with Crippen molar-refractivity contribution in [1.82, 2.24) is 20.7 Å². The Morgan fingerprint density at radius 2 is 1.83 bits per heavy atom. The Kier molecular flexibility index (Phi) is 5.35. The van der Waals surface area contributed by atoms with Gasteiger partial charge in [0.1, 0.15) is 18.8 Å². The number of hydrogen-bond acceptors (Lipinski definition) is 5. The van der Waals surface area contributed by atoms with E-state index in [9.17, 15) is 19.2 Å². The van der Waals surface area contributed by atoms with Gasteiger partial charge in [0.15, 0.2) is 6.61 Å². The molecule has 0 saturated carbocycles. The number of carbonyl (C=O) groups excluding carboxylic acids is 4. The number of amides is 5. The molecule has 128 valence electrons. The highest BCUT2D eigenvalue weighted by atomic mass is 16.5. The van der Waals surface area contributed by atoms with Gasteiger partial charge in [0.05, 0.1) is 0 Å². The van der Waals surface area contributed by atoms with Gasteiger partial charge in [-0.2, -0.15) is 0 Å². The summed E-state index contributed by atoms with van der Waals surface area (Å²) in [5.41, 5.74) is 5.17. The van der Waals surface area contributed by atoms with E-state index >= 15 is 0 Å². The molecule has 0 aliphatic carbocycles. The Labute approximate surface area is 138 Å². The third kappa shape index (κ3) is 4.22. The van der Waals surface area contributed by atoms with Crippen molar-refractivity contribution in [3.05, 3.63) is 29.8 Å². The summed E-state index contributed by atoms with van der Waals surface area (Å²) in [4.78, 5) is 48.5. The summed E-state index contributed by atoms with van der Waals surface area (Å²) in [7, 11) is 1.46. The minimum absolute atomic E-state index is 0.0667. The predicted molar refractivity (Wildman–Crippen MR) is 82.7 cm³/mol. The van der Waals surface area contributed by atoms with Crippen molar-refractivity contribution in [1.29, 1.82) is 0 Å². The Hall–Kier alpha value is -3.10. The monoisotopic (exact) mass is 334 g/mol. The van der Waals surface area contributed by atoms with Crippen LogP contribution in [0.2, 0.25) is 0 Å². The minimum Gasteiger partial charge on any atom is -0.483 e. The summed E-state index contributed by atoms with van der Waals surface area (Å²) < 4.78 is 5.32. The fraction of sp³-hybridized carbons (Fsp3) is 0.333.